The van der Waals surface area contributed by atoms with E-state index in [1.165, 1.54) is 31.2 Å². The molecule has 0 heterocycles. The first-order chi connectivity index (χ1) is 9.74. The van der Waals surface area contributed by atoms with Crippen molar-refractivity contribution in [2.45, 2.75) is 51.0 Å². The van der Waals surface area contributed by atoms with Gasteiger partial charge in [0.1, 0.15) is 0 Å². The molecule has 1 aromatic rings. The molecule has 20 heavy (non-hydrogen) atoms. The summed E-state index contributed by atoms with van der Waals surface area (Å²) in [6, 6.07) is 8.56. The maximum Gasteiger partial charge on any atom is 0.315 e. The SMILES string of the molecule is O=C(NCCc1ccc(Br)cc1)NC1CCCCCC1. The Hall–Kier alpha value is -1.03. The minimum Gasteiger partial charge on any atom is -0.338 e. The van der Waals surface area contributed by atoms with E-state index in [4.69, 9.17) is 0 Å². The Morgan fingerprint density at radius 1 is 1.10 bits per heavy atom. The Balaban J connectivity index is 1.65. The number of carbonyl (C=O) groups is 1. The molecule has 2 rings (SSSR count). The average molecular weight is 339 g/mol. The quantitative estimate of drug-likeness (QED) is 0.800. The van der Waals surface area contributed by atoms with Gasteiger partial charge in [0.2, 0.25) is 0 Å². The number of nitrogens with one attached hydrogen (secondary N) is 2. The molecule has 0 spiro atoms. The maximum atomic E-state index is 11.8. The van der Waals surface area contributed by atoms with Crippen LogP contribution in [-0.4, -0.2) is 18.6 Å². The van der Waals surface area contributed by atoms with Crippen molar-refractivity contribution >= 4 is 22.0 Å². The third kappa shape index (κ3) is 5.53. The standard InChI is InChI=1S/C16H23BrN2O/c17-14-9-7-13(8-10-14)11-12-18-16(20)19-15-5-3-1-2-4-6-15/h7-10,15H,1-6,11-12H2,(H2,18,19,20). The van der Waals surface area contributed by atoms with Crippen LogP contribution >= 0.6 is 15.9 Å². The number of hydrogen-bond acceptors (Lipinski definition) is 1. The summed E-state index contributed by atoms with van der Waals surface area (Å²) in [6.07, 6.45) is 8.21. The fraction of sp³-hybridized carbons (Fsp3) is 0.562. The number of benzene rings is 1. The van der Waals surface area contributed by atoms with Gasteiger partial charge < -0.3 is 10.6 Å². The summed E-state index contributed by atoms with van der Waals surface area (Å²) in [5.41, 5.74) is 1.24. The minimum absolute atomic E-state index is 0.0194. The zero-order chi connectivity index (χ0) is 14.2. The Morgan fingerprint density at radius 2 is 1.75 bits per heavy atom. The van der Waals surface area contributed by atoms with Crippen molar-refractivity contribution in [1.82, 2.24) is 10.6 Å². The molecule has 0 saturated heterocycles. The summed E-state index contributed by atoms with van der Waals surface area (Å²) >= 11 is 3.42. The van der Waals surface area contributed by atoms with Crippen LogP contribution in [0, 0.1) is 0 Å². The van der Waals surface area contributed by atoms with Gasteiger partial charge >= 0.3 is 6.03 Å². The third-order valence-electron chi connectivity index (χ3n) is 3.80. The molecule has 4 heteroatoms. The lowest BCUT2D eigenvalue weighted by Gasteiger charge is -2.16. The van der Waals surface area contributed by atoms with Crippen molar-refractivity contribution < 1.29 is 4.79 Å². The topological polar surface area (TPSA) is 41.1 Å². The molecule has 110 valence electrons. The van der Waals surface area contributed by atoms with Gasteiger partial charge in [-0.1, -0.05) is 53.7 Å². The van der Waals surface area contributed by atoms with Crippen LogP contribution in [0.2, 0.25) is 0 Å². The third-order valence-corrected chi connectivity index (χ3v) is 4.33. The van der Waals surface area contributed by atoms with Crippen molar-refractivity contribution in [3.05, 3.63) is 34.3 Å². The maximum absolute atomic E-state index is 11.8. The molecule has 0 aromatic heterocycles. The van der Waals surface area contributed by atoms with Crippen molar-refractivity contribution in [2.24, 2.45) is 0 Å². The van der Waals surface area contributed by atoms with E-state index in [1.54, 1.807) is 0 Å². The molecule has 1 fully saturated rings. The number of carbonyl (C=O) groups excluding carboxylic acids is 1. The number of amides is 2. The normalized spacial score (nSPS) is 16.4. The van der Waals surface area contributed by atoms with Crippen LogP contribution in [0.1, 0.15) is 44.1 Å². The molecule has 1 saturated carbocycles. The second-order valence-electron chi connectivity index (χ2n) is 5.47. The first-order valence-corrected chi connectivity index (χ1v) is 8.32. The first kappa shape index (κ1) is 15.4. The monoisotopic (exact) mass is 338 g/mol. The predicted octanol–water partition coefficient (Wildman–Crippen LogP) is 4.01. The summed E-state index contributed by atoms with van der Waals surface area (Å²) in [5, 5.41) is 6.05. The molecule has 3 nitrogen and oxygen atoms in total. The smallest absolute Gasteiger partial charge is 0.315 e. The molecule has 1 aromatic carbocycles. The molecule has 2 N–H and O–H groups in total. The summed E-state index contributed by atoms with van der Waals surface area (Å²) in [7, 11) is 0. The van der Waals surface area contributed by atoms with E-state index in [2.05, 4.69) is 38.7 Å². The summed E-state index contributed by atoms with van der Waals surface area (Å²) in [4.78, 5) is 11.8. The Bertz CT molecular complexity index is 411. The summed E-state index contributed by atoms with van der Waals surface area (Å²) in [5.74, 6) is 0. The lowest BCUT2D eigenvalue weighted by atomic mass is 10.1. The fourth-order valence-corrected chi connectivity index (χ4v) is 2.90. The van der Waals surface area contributed by atoms with Crippen molar-refractivity contribution in [2.75, 3.05) is 6.54 Å². The van der Waals surface area contributed by atoms with E-state index in [0.29, 0.717) is 12.6 Å². The van der Waals surface area contributed by atoms with Crippen LogP contribution in [0.15, 0.2) is 28.7 Å². The second-order valence-corrected chi connectivity index (χ2v) is 6.38. The van der Waals surface area contributed by atoms with Crippen LogP contribution in [0.25, 0.3) is 0 Å². The molecular formula is C16H23BrN2O. The fourth-order valence-electron chi connectivity index (χ4n) is 2.63. The molecule has 2 amide bonds. The molecule has 0 aliphatic heterocycles. The minimum atomic E-state index is -0.0194. The van der Waals surface area contributed by atoms with Crippen LogP contribution in [0.3, 0.4) is 0 Å². The number of halogens is 1. The Morgan fingerprint density at radius 3 is 2.40 bits per heavy atom. The highest BCUT2D eigenvalue weighted by molar-refractivity contribution is 9.10. The lowest BCUT2D eigenvalue weighted by molar-refractivity contribution is 0.235. The van der Waals surface area contributed by atoms with Gasteiger partial charge in [-0.2, -0.15) is 0 Å². The second kappa shape index (κ2) is 8.30. The highest BCUT2D eigenvalue weighted by Gasteiger charge is 2.13. The molecular weight excluding hydrogens is 316 g/mol. The number of urea groups is 1. The zero-order valence-corrected chi connectivity index (χ0v) is 13.4. The highest BCUT2D eigenvalue weighted by atomic mass is 79.9. The van der Waals surface area contributed by atoms with Crippen LogP contribution in [0.5, 0.6) is 0 Å². The van der Waals surface area contributed by atoms with Crippen molar-refractivity contribution in [1.29, 1.82) is 0 Å². The molecule has 1 aliphatic rings. The first-order valence-electron chi connectivity index (χ1n) is 7.53. The lowest BCUT2D eigenvalue weighted by Crippen LogP contribution is -2.42. The van der Waals surface area contributed by atoms with E-state index in [9.17, 15) is 4.79 Å². The van der Waals surface area contributed by atoms with Crippen LogP contribution in [0.4, 0.5) is 4.79 Å². The van der Waals surface area contributed by atoms with Gasteiger partial charge in [0, 0.05) is 17.1 Å². The van der Waals surface area contributed by atoms with Gasteiger partial charge in [-0.05, 0) is 37.0 Å². The van der Waals surface area contributed by atoms with Gasteiger partial charge in [0.05, 0.1) is 0 Å². The summed E-state index contributed by atoms with van der Waals surface area (Å²) in [6.45, 7) is 0.681. The summed E-state index contributed by atoms with van der Waals surface area (Å²) < 4.78 is 1.08. The van der Waals surface area contributed by atoms with Gasteiger partial charge in [-0.15, -0.1) is 0 Å². The predicted molar refractivity (Wildman–Crippen MR) is 85.9 cm³/mol. The molecule has 1 aliphatic carbocycles. The number of hydrogen-bond donors (Lipinski definition) is 2. The van der Waals surface area contributed by atoms with E-state index >= 15 is 0 Å². The van der Waals surface area contributed by atoms with E-state index in [1.807, 2.05) is 12.1 Å². The van der Waals surface area contributed by atoms with Gasteiger partial charge in [0.15, 0.2) is 0 Å². The largest absolute Gasteiger partial charge is 0.338 e. The Kier molecular flexibility index (Phi) is 6.37. The molecule has 0 radical (unpaired) electrons. The number of rotatable bonds is 4. The van der Waals surface area contributed by atoms with E-state index < -0.39 is 0 Å². The van der Waals surface area contributed by atoms with Gasteiger partial charge in [-0.25, -0.2) is 4.79 Å². The van der Waals surface area contributed by atoms with Gasteiger partial charge in [-0.3, -0.25) is 0 Å². The molecule has 0 bridgehead atoms. The average Bonchev–Trinajstić information content (AvgIpc) is 2.70. The van der Waals surface area contributed by atoms with Crippen LogP contribution < -0.4 is 10.6 Å². The van der Waals surface area contributed by atoms with E-state index in [0.717, 1.165) is 23.7 Å². The zero-order valence-electron chi connectivity index (χ0n) is 11.8. The Labute approximate surface area is 129 Å². The van der Waals surface area contributed by atoms with Crippen LogP contribution in [-0.2, 0) is 6.42 Å². The highest BCUT2D eigenvalue weighted by Crippen LogP contribution is 2.17. The van der Waals surface area contributed by atoms with Gasteiger partial charge in [0.25, 0.3) is 0 Å². The van der Waals surface area contributed by atoms with Crippen molar-refractivity contribution in [3.63, 3.8) is 0 Å². The molecule has 0 atom stereocenters. The van der Waals surface area contributed by atoms with Crippen molar-refractivity contribution in [3.8, 4) is 0 Å². The molecule has 0 unspecified atom stereocenters. The van der Waals surface area contributed by atoms with E-state index in [-0.39, 0.29) is 6.03 Å².